The van der Waals surface area contributed by atoms with E-state index in [1.54, 1.807) is 6.07 Å². The maximum absolute atomic E-state index is 12.4. The Balaban J connectivity index is 1.96. The summed E-state index contributed by atoms with van der Waals surface area (Å²) in [5.41, 5.74) is 0.711. The maximum Gasteiger partial charge on any atom is 0.267 e. The van der Waals surface area contributed by atoms with E-state index < -0.39 is 0 Å². The van der Waals surface area contributed by atoms with Crippen molar-refractivity contribution < 1.29 is 4.79 Å². The van der Waals surface area contributed by atoms with E-state index in [4.69, 9.17) is 23.2 Å². The smallest absolute Gasteiger partial charge is 0.267 e. The molecule has 1 aromatic heterocycles. The number of halogens is 3. The van der Waals surface area contributed by atoms with E-state index in [1.807, 2.05) is 36.4 Å². The minimum atomic E-state index is -0.236. The number of amides is 1. The lowest BCUT2D eigenvalue weighted by Crippen LogP contribution is -2.10. The molecule has 21 heavy (non-hydrogen) atoms. The number of carbonyl (C=O) groups is 1. The van der Waals surface area contributed by atoms with Gasteiger partial charge >= 0.3 is 0 Å². The molecule has 0 saturated carbocycles. The van der Waals surface area contributed by atoms with Crippen molar-refractivity contribution >= 4 is 72.1 Å². The van der Waals surface area contributed by atoms with Crippen LogP contribution in [0.2, 0.25) is 10.0 Å². The fraction of sp³-hybridized carbons (Fsp3) is 0. The summed E-state index contributed by atoms with van der Waals surface area (Å²) in [5.74, 6) is -0.236. The molecule has 106 valence electrons. The number of hydrogen-bond acceptors (Lipinski definition) is 2. The van der Waals surface area contributed by atoms with Gasteiger partial charge in [-0.2, -0.15) is 0 Å². The Morgan fingerprint density at radius 1 is 1.10 bits per heavy atom. The van der Waals surface area contributed by atoms with Crippen LogP contribution in [0.5, 0.6) is 0 Å². The van der Waals surface area contributed by atoms with Crippen LogP contribution in [-0.4, -0.2) is 5.91 Å². The van der Waals surface area contributed by atoms with E-state index in [0.29, 0.717) is 20.6 Å². The van der Waals surface area contributed by atoms with Crippen molar-refractivity contribution in [1.82, 2.24) is 0 Å². The lowest BCUT2D eigenvalue weighted by atomic mass is 10.2. The minimum absolute atomic E-state index is 0.236. The lowest BCUT2D eigenvalue weighted by Gasteiger charge is -2.04. The van der Waals surface area contributed by atoms with Crippen molar-refractivity contribution in [2.24, 2.45) is 0 Å². The first-order chi connectivity index (χ1) is 10.1. The van der Waals surface area contributed by atoms with Crippen molar-refractivity contribution in [1.29, 1.82) is 0 Å². The molecule has 0 bridgehead atoms. The Bertz CT molecular complexity index is 830. The van der Waals surface area contributed by atoms with Crippen LogP contribution in [0, 0.1) is 0 Å². The number of thiophene rings is 1. The highest BCUT2D eigenvalue weighted by Gasteiger charge is 2.18. The van der Waals surface area contributed by atoms with Crippen LogP contribution in [0.1, 0.15) is 9.67 Å². The number of rotatable bonds is 2. The first-order valence-electron chi connectivity index (χ1n) is 5.99. The van der Waals surface area contributed by atoms with Gasteiger partial charge in [-0.25, -0.2) is 0 Å². The second-order valence-electron chi connectivity index (χ2n) is 4.32. The molecule has 2 aromatic carbocycles. The molecular weight excluding hydrogens is 393 g/mol. The summed E-state index contributed by atoms with van der Waals surface area (Å²) >= 11 is 17.1. The summed E-state index contributed by atoms with van der Waals surface area (Å²) in [6, 6.07) is 12.9. The average Bonchev–Trinajstić information content (AvgIpc) is 2.80. The normalized spacial score (nSPS) is 10.8. The van der Waals surface area contributed by atoms with Crippen molar-refractivity contribution in [3.63, 3.8) is 0 Å². The van der Waals surface area contributed by atoms with E-state index in [9.17, 15) is 4.79 Å². The van der Waals surface area contributed by atoms with Gasteiger partial charge in [-0.1, -0.05) is 45.2 Å². The van der Waals surface area contributed by atoms with Crippen molar-refractivity contribution in [3.05, 3.63) is 61.9 Å². The zero-order chi connectivity index (χ0) is 15.0. The molecule has 2 nitrogen and oxygen atoms in total. The largest absolute Gasteiger partial charge is 0.321 e. The molecule has 0 spiro atoms. The van der Waals surface area contributed by atoms with Crippen LogP contribution < -0.4 is 5.32 Å². The van der Waals surface area contributed by atoms with Gasteiger partial charge in [0.05, 0.1) is 10.0 Å². The fourth-order valence-electron chi connectivity index (χ4n) is 1.94. The fourth-order valence-corrected chi connectivity index (χ4v) is 4.05. The molecule has 0 atom stereocenters. The summed E-state index contributed by atoms with van der Waals surface area (Å²) in [6.07, 6.45) is 0. The van der Waals surface area contributed by atoms with E-state index in [0.717, 1.165) is 14.6 Å². The number of carbonyl (C=O) groups excluding carboxylic acids is 1. The van der Waals surface area contributed by atoms with Crippen LogP contribution in [0.15, 0.2) is 46.9 Å². The zero-order valence-electron chi connectivity index (χ0n) is 10.5. The zero-order valence-corrected chi connectivity index (χ0v) is 14.4. The van der Waals surface area contributed by atoms with E-state index in [1.165, 1.54) is 11.3 Å². The van der Waals surface area contributed by atoms with Gasteiger partial charge in [-0.05, 0) is 36.4 Å². The number of anilines is 1. The summed E-state index contributed by atoms with van der Waals surface area (Å²) in [4.78, 5) is 12.8. The van der Waals surface area contributed by atoms with Gasteiger partial charge in [-0.15, -0.1) is 11.3 Å². The number of fused-ring (bicyclic) bond motifs is 1. The third kappa shape index (κ3) is 2.94. The molecule has 3 rings (SSSR count). The van der Waals surface area contributed by atoms with E-state index >= 15 is 0 Å². The molecule has 0 radical (unpaired) electrons. The topological polar surface area (TPSA) is 29.1 Å². The summed E-state index contributed by atoms with van der Waals surface area (Å²) in [6.45, 7) is 0. The Kier molecular flexibility index (Phi) is 4.22. The van der Waals surface area contributed by atoms with Gasteiger partial charge < -0.3 is 5.32 Å². The monoisotopic (exact) mass is 399 g/mol. The summed E-state index contributed by atoms with van der Waals surface area (Å²) in [7, 11) is 0. The highest BCUT2D eigenvalue weighted by Crippen LogP contribution is 2.39. The average molecular weight is 401 g/mol. The molecule has 0 aliphatic carbocycles. The number of nitrogens with one attached hydrogen (secondary N) is 1. The predicted octanol–water partition coefficient (Wildman–Crippen LogP) is 6.22. The Hall–Kier alpha value is -1.07. The van der Waals surface area contributed by atoms with Crippen molar-refractivity contribution in [2.45, 2.75) is 0 Å². The standard InChI is InChI=1S/C15H8BrCl2NOS/c16-8-4-6-9(7-5-8)19-15(20)14-13(18)12-10(17)2-1-3-11(12)21-14/h1-7H,(H,19,20). The molecule has 3 aromatic rings. The van der Waals surface area contributed by atoms with E-state index in [2.05, 4.69) is 21.2 Å². The SMILES string of the molecule is O=C(Nc1ccc(Br)cc1)c1sc2cccc(Cl)c2c1Cl. The Morgan fingerprint density at radius 2 is 1.81 bits per heavy atom. The molecule has 6 heteroatoms. The van der Waals surface area contributed by atoms with E-state index in [-0.39, 0.29) is 5.91 Å². The molecule has 1 amide bonds. The molecule has 1 heterocycles. The van der Waals surface area contributed by atoms with Gasteiger partial charge in [0.25, 0.3) is 5.91 Å². The molecule has 0 aliphatic rings. The van der Waals surface area contributed by atoms with Crippen LogP contribution in [-0.2, 0) is 0 Å². The second kappa shape index (κ2) is 5.97. The predicted molar refractivity (Wildman–Crippen MR) is 93.9 cm³/mol. The van der Waals surface area contributed by atoms with Crippen LogP contribution >= 0.6 is 50.5 Å². The molecular formula is C15H8BrCl2NOS. The highest BCUT2D eigenvalue weighted by atomic mass is 79.9. The minimum Gasteiger partial charge on any atom is -0.321 e. The van der Waals surface area contributed by atoms with Gasteiger partial charge in [0.15, 0.2) is 0 Å². The summed E-state index contributed by atoms with van der Waals surface area (Å²) in [5, 5.41) is 4.51. The third-order valence-electron chi connectivity index (χ3n) is 2.91. The Labute approximate surface area is 143 Å². The van der Waals surface area contributed by atoms with Crippen LogP contribution in [0.25, 0.3) is 10.1 Å². The molecule has 0 unspecified atom stereocenters. The van der Waals surface area contributed by atoms with Crippen molar-refractivity contribution in [2.75, 3.05) is 5.32 Å². The summed E-state index contributed by atoms with van der Waals surface area (Å²) < 4.78 is 1.85. The molecule has 0 aliphatic heterocycles. The quantitative estimate of drug-likeness (QED) is 0.543. The number of benzene rings is 2. The first kappa shape index (κ1) is 14.9. The molecule has 0 fully saturated rings. The Morgan fingerprint density at radius 3 is 2.48 bits per heavy atom. The van der Waals surface area contributed by atoms with Gasteiger partial charge in [0, 0.05) is 20.2 Å². The molecule has 1 N–H and O–H groups in total. The van der Waals surface area contributed by atoms with Gasteiger partial charge in [0.1, 0.15) is 4.88 Å². The van der Waals surface area contributed by atoms with Gasteiger partial charge in [-0.3, -0.25) is 4.79 Å². The second-order valence-corrected chi connectivity index (χ2v) is 7.07. The number of hydrogen-bond donors (Lipinski definition) is 1. The first-order valence-corrected chi connectivity index (χ1v) is 8.36. The third-order valence-corrected chi connectivity index (χ3v) is 5.40. The highest BCUT2D eigenvalue weighted by molar-refractivity contribution is 9.10. The van der Waals surface area contributed by atoms with Crippen LogP contribution in [0.4, 0.5) is 5.69 Å². The van der Waals surface area contributed by atoms with Crippen LogP contribution in [0.3, 0.4) is 0 Å². The van der Waals surface area contributed by atoms with Crippen molar-refractivity contribution in [3.8, 4) is 0 Å². The molecule has 0 saturated heterocycles. The lowest BCUT2D eigenvalue weighted by molar-refractivity contribution is 0.103. The maximum atomic E-state index is 12.4. The van der Waals surface area contributed by atoms with Gasteiger partial charge in [0.2, 0.25) is 0 Å².